The van der Waals surface area contributed by atoms with Gasteiger partial charge in [0.25, 0.3) is 0 Å². The first-order chi connectivity index (χ1) is 9.63. The summed E-state index contributed by atoms with van der Waals surface area (Å²) in [6, 6.07) is 8.99. The number of piperazine rings is 1. The van der Waals surface area contributed by atoms with Gasteiger partial charge in [-0.15, -0.1) is 0 Å². The highest BCUT2D eigenvalue weighted by molar-refractivity contribution is 9.10. The smallest absolute Gasteiger partial charge is 0.317 e. The van der Waals surface area contributed by atoms with Crippen LogP contribution in [0.3, 0.4) is 0 Å². The molecule has 2 saturated heterocycles. The molecule has 1 aromatic carbocycles. The molecule has 2 unspecified atom stereocenters. The third-order valence-corrected chi connectivity index (χ3v) is 4.76. The highest BCUT2D eigenvalue weighted by Gasteiger charge is 2.35. The number of fused-ring (bicyclic) bond motifs is 1. The van der Waals surface area contributed by atoms with Crippen molar-refractivity contribution in [1.82, 2.24) is 15.1 Å². The summed E-state index contributed by atoms with van der Waals surface area (Å²) >= 11 is 3.53. The minimum Gasteiger partial charge on any atom is -0.336 e. The fourth-order valence-corrected chi connectivity index (χ4v) is 3.56. The van der Waals surface area contributed by atoms with Gasteiger partial charge in [0.2, 0.25) is 0 Å². The number of hydrogen-bond donors (Lipinski definition) is 1. The number of nitrogens with zero attached hydrogens (tertiary/aromatic N) is 2. The molecule has 2 amide bonds. The molecule has 1 N–H and O–H groups in total. The van der Waals surface area contributed by atoms with Crippen molar-refractivity contribution >= 4 is 22.0 Å². The number of hydrogen-bond acceptors (Lipinski definition) is 2. The summed E-state index contributed by atoms with van der Waals surface area (Å²) in [4.78, 5) is 16.0. The fourth-order valence-electron chi connectivity index (χ4n) is 3.14. The van der Waals surface area contributed by atoms with E-state index in [1.165, 1.54) is 5.56 Å². The zero-order chi connectivity index (χ0) is 14.1. The monoisotopic (exact) mass is 337 g/mol. The number of rotatable bonds is 3. The maximum absolute atomic E-state index is 11.6. The number of carbonyl (C=O) groups excluding carboxylic acids is 1. The largest absolute Gasteiger partial charge is 0.336 e. The van der Waals surface area contributed by atoms with Crippen molar-refractivity contribution in [3.8, 4) is 0 Å². The van der Waals surface area contributed by atoms with Gasteiger partial charge in [0, 0.05) is 37.2 Å². The van der Waals surface area contributed by atoms with Gasteiger partial charge in [0.15, 0.2) is 0 Å². The molecule has 0 bridgehead atoms. The van der Waals surface area contributed by atoms with E-state index in [1.54, 1.807) is 0 Å². The lowest BCUT2D eigenvalue weighted by molar-refractivity contribution is 0.117. The van der Waals surface area contributed by atoms with Crippen LogP contribution in [0.1, 0.15) is 18.4 Å². The van der Waals surface area contributed by atoms with Gasteiger partial charge in [-0.25, -0.2) is 4.79 Å². The van der Waals surface area contributed by atoms with E-state index >= 15 is 0 Å². The highest BCUT2D eigenvalue weighted by Crippen LogP contribution is 2.22. The van der Waals surface area contributed by atoms with E-state index < -0.39 is 0 Å². The molecule has 2 fully saturated rings. The van der Waals surface area contributed by atoms with Crippen LogP contribution >= 0.6 is 15.9 Å². The van der Waals surface area contributed by atoms with Crippen molar-refractivity contribution in [3.05, 3.63) is 34.3 Å². The topological polar surface area (TPSA) is 35.6 Å². The Labute approximate surface area is 128 Å². The molecule has 0 radical (unpaired) electrons. The van der Waals surface area contributed by atoms with Crippen LogP contribution in [0.15, 0.2) is 28.7 Å². The standard InChI is InChI=1S/C15H20BrN3O/c1-11(12-3-2-4-13(16)7-12)9-18-5-6-19-14(10-18)8-17-15(19)20/h2-4,7,11,14H,5-6,8-10H2,1H3,(H,17,20). The Morgan fingerprint density at radius 2 is 2.30 bits per heavy atom. The second kappa shape index (κ2) is 5.74. The Balaban J connectivity index is 1.60. The molecule has 5 heteroatoms. The normalized spacial score (nSPS) is 24.4. The Morgan fingerprint density at radius 3 is 3.10 bits per heavy atom. The van der Waals surface area contributed by atoms with Gasteiger partial charge < -0.3 is 10.2 Å². The van der Waals surface area contributed by atoms with E-state index in [9.17, 15) is 4.79 Å². The van der Waals surface area contributed by atoms with Gasteiger partial charge in [-0.05, 0) is 23.6 Å². The maximum Gasteiger partial charge on any atom is 0.317 e. The van der Waals surface area contributed by atoms with Crippen molar-refractivity contribution in [3.63, 3.8) is 0 Å². The molecular weight excluding hydrogens is 318 g/mol. The lowest BCUT2D eigenvalue weighted by Gasteiger charge is -2.37. The molecule has 4 nitrogen and oxygen atoms in total. The summed E-state index contributed by atoms with van der Waals surface area (Å²) < 4.78 is 1.14. The number of halogens is 1. The SMILES string of the molecule is CC(CN1CCN2C(=O)NCC2C1)c1cccc(Br)c1. The lowest BCUT2D eigenvalue weighted by atomic mass is 10.00. The van der Waals surface area contributed by atoms with Crippen LogP contribution in [0.25, 0.3) is 0 Å². The van der Waals surface area contributed by atoms with Gasteiger partial charge >= 0.3 is 6.03 Å². The molecule has 1 aromatic rings. The quantitative estimate of drug-likeness (QED) is 0.918. The van der Waals surface area contributed by atoms with Crippen LogP contribution in [-0.4, -0.2) is 54.6 Å². The van der Waals surface area contributed by atoms with E-state index in [2.05, 4.69) is 57.3 Å². The molecule has 3 rings (SSSR count). The van der Waals surface area contributed by atoms with E-state index in [4.69, 9.17) is 0 Å². The first-order valence-corrected chi connectivity index (χ1v) is 7.95. The van der Waals surface area contributed by atoms with E-state index in [0.717, 1.165) is 37.2 Å². The van der Waals surface area contributed by atoms with Crippen LogP contribution in [-0.2, 0) is 0 Å². The van der Waals surface area contributed by atoms with Gasteiger partial charge in [-0.2, -0.15) is 0 Å². The van der Waals surface area contributed by atoms with Crippen LogP contribution in [0.2, 0.25) is 0 Å². The molecule has 0 aromatic heterocycles. The molecule has 20 heavy (non-hydrogen) atoms. The zero-order valence-corrected chi connectivity index (χ0v) is 13.3. The van der Waals surface area contributed by atoms with E-state index in [0.29, 0.717) is 12.0 Å². The molecule has 2 aliphatic heterocycles. The molecule has 0 saturated carbocycles. The Morgan fingerprint density at radius 1 is 1.45 bits per heavy atom. The molecule has 0 spiro atoms. The third-order valence-electron chi connectivity index (χ3n) is 4.27. The average molecular weight is 338 g/mol. The minimum atomic E-state index is 0.106. The predicted octanol–water partition coefficient (Wildman–Crippen LogP) is 2.26. The summed E-state index contributed by atoms with van der Waals surface area (Å²) in [7, 11) is 0. The lowest BCUT2D eigenvalue weighted by Crippen LogP contribution is -2.52. The number of benzene rings is 1. The van der Waals surface area contributed by atoms with Crippen LogP contribution in [0, 0.1) is 0 Å². The number of urea groups is 1. The second-order valence-electron chi connectivity index (χ2n) is 5.75. The first kappa shape index (κ1) is 13.9. The Kier molecular flexibility index (Phi) is 3.98. The second-order valence-corrected chi connectivity index (χ2v) is 6.66. The summed E-state index contributed by atoms with van der Waals surface area (Å²) in [6.07, 6.45) is 0. The van der Waals surface area contributed by atoms with E-state index in [1.807, 2.05) is 4.90 Å². The van der Waals surface area contributed by atoms with Crippen LogP contribution in [0.5, 0.6) is 0 Å². The van der Waals surface area contributed by atoms with Crippen molar-refractivity contribution in [2.45, 2.75) is 18.9 Å². The van der Waals surface area contributed by atoms with Gasteiger partial charge in [-0.1, -0.05) is 35.0 Å². The molecule has 108 valence electrons. The number of carbonyl (C=O) groups is 1. The zero-order valence-electron chi connectivity index (χ0n) is 11.7. The first-order valence-electron chi connectivity index (χ1n) is 7.16. The fraction of sp³-hybridized carbons (Fsp3) is 0.533. The predicted molar refractivity (Wildman–Crippen MR) is 82.9 cm³/mol. The third kappa shape index (κ3) is 2.83. The van der Waals surface area contributed by atoms with Crippen molar-refractivity contribution < 1.29 is 4.79 Å². The van der Waals surface area contributed by atoms with Crippen molar-refractivity contribution in [2.75, 3.05) is 32.7 Å². The summed E-state index contributed by atoms with van der Waals surface area (Å²) in [5, 5.41) is 2.93. The van der Waals surface area contributed by atoms with Crippen LogP contribution in [0.4, 0.5) is 4.79 Å². The van der Waals surface area contributed by atoms with E-state index in [-0.39, 0.29) is 6.03 Å². The Hall–Kier alpha value is -1.07. The average Bonchev–Trinajstić information content (AvgIpc) is 2.80. The molecule has 2 heterocycles. The molecule has 2 atom stereocenters. The molecule has 2 aliphatic rings. The molecule has 0 aliphatic carbocycles. The number of nitrogens with one attached hydrogen (secondary N) is 1. The minimum absolute atomic E-state index is 0.106. The highest BCUT2D eigenvalue weighted by atomic mass is 79.9. The van der Waals surface area contributed by atoms with Crippen molar-refractivity contribution in [2.24, 2.45) is 0 Å². The number of amides is 2. The Bertz CT molecular complexity index is 508. The van der Waals surface area contributed by atoms with Crippen LogP contribution < -0.4 is 5.32 Å². The van der Waals surface area contributed by atoms with Crippen molar-refractivity contribution in [1.29, 1.82) is 0 Å². The molecular formula is C15H20BrN3O. The summed E-state index contributed by atoms with van der Waals surface area (Å²) in [6.45, 7) is 6.92. The summed E-state index contributed by atoms with van der Waals surface area (Å²) in [5.41, 5.74) is 1.36. The van der Waals surface area contributed by atoms with Gasteiger partial charge in [0.05, 0.1) is 6.04 Å². The maximum atomic E-state index is 11.6. The summed E-state index contributed by atoms with van der Waals surface area (Å²) in [5.74, 6) is 0.504. The van der Waals surface area contributed by atoms with Gasteiger partial charge in [-0.3, -0.25) is 4.90 Å². The van der Waals surface area contributed by atoms with Gasteiger partial charge in [0.1, 0.15) is 0 Å².